The Labute approximate surface area is 140 Å². The summed E-state index contributed by atoms with van der Waals surface area (Å²) in [5, 5.41) is 20.0. The van der Waals surface area contributed by atoms with Gasteiger partial charge < -0.3 is 4.57 Å². The molecule has 3 aromatic rings. The van der Waals surface area contributed by atoms with E-state index >= 15 is 0 Å². The summed E-state index contributed by atoms with van der Waals surface area (Å²) in [6, 6.07) is 8.03. The van der Waals surface area contributed by atoms with Crippen molar-refractivity contribution < 1.29 is 4.92 Å². The van der Waals surface area contributed by atoms with Gasteiger partial charge in [0.25, 0.3) is 5.69 Å². The smallest absolute Gasteiger partial charge is 0.270 e. The van der Waals surface area contributed by atoms with Crippen molar-refractivity contribution in [2.45, 2.75) is 10.1 Å². The minimum atomic E-state index is -0.482. The number of aromatic nitrogens is 4. The number of hydrogen-bond donors (Lipinski definition) is 0. The van der Waals surface area contributed by atoms with E-state index in [0.717, 1.165) is 5.56 Å². The summed E-state index contributed by atoms with van der Waals surface area (Å²) >= 11 is 7.40. The SMILES string of the molecule is Cn1c(Sc2ccc([N+](=O)[O-])cc2Cl)nnc1-c1ccncc1. The number of hydrogen-bond acceptors (Lipinski definition) is 6. The molecule has 2 heterocycles. The van der Waals surface area contributed by atoms with Gasteiger partial charge in [-0.15, -0.1) is 10.2 Å². The summed E-state index contributed by atoms with van der Waals surface area (Å²) in [7, 11) is 1.84. The highest BCUT2D eigenvalue weighted by Gasteiger charge is 2.15. The quantitative estimate of drug-likeness (QED) is 0.529. The second kappa shape index (κ2) is 6.35. The zero-order valence-corrected chi connectivity index (χ0v) is 13.5. The Morgan fingerprint density at radius 3 is 2.61 bits per heavy atom. The summed E-state index contributed by atoms with van der Waals surface area (Å²) in [6.45, 7) is 0. The third-order valence-electron chi connectivity index (χ3n) is 3.10. The molecule has 0 aliphatic rings. The number of pyridine rings is 1. The predicted octanol–water partition coefficient (Wildman–Crippen LogP) is 3.59. The van der Waals surface area contributed by atoms with Gasteiger partial charge in [-0.25, -0.2) is 0 Å². The number of halogens is 1. The molecule has 0 bridgehead atoms. The molecule has 0 unspecified atom stereocenters. The highest BCUT2D eigenvalue weighted by atomic mass is 35.5. The molecular weight excluding hydrogens is 338 g/mol. The standard InChI is InChI=1S/C14H10ClN5O2S/c1-19-13(9-4-6-16-7-5-9)17-18-14(19)23-12-3-2-10(20(21)22)8-11(12)15/h2-8H,1H3. The van der Waals surface area contributed by atoms with Crippen LogP contribution < -0.4 is 0 Å². The monoisotopic (exact) mass is 347 g/mol. The van der Waals surface area contributed by atoms with Crippen LogP contribution in [0.1, 0.15) is 0 Å². The number of nitro benzene ring substituents is 1. The second-order valence-electron chi connectivity index (χ2n) is 4.57. The van der Waals surface area contributed by atoms with Crippen molar-refractivity contribution in [3.05, 3.63) is 57.9 Å². The minimum Gasteiger partial charge on any atom is -0.305 e. The number of nitro groups is 1. The van der Waals surface area contributed by atoms with Crippen LogP contribution in [0.4, 0.5) is 5.69 Å². The first-order valence-electron chi connectivity index (χ1n) is 6.48. The van der Waals surface area contributed by atoms with Gasteiger partial charge in [0.05, 0.1) is 9.95 Å². The van der Waals surface area contributed by atoms with Crippen molar-refractivity contribution in [1.29, 1.82) is 0 Å². The Kier molecular flexibility index (Phi) is 4.26. The molecule has 0 fully saturated rings. The van der Waals surface area contributed by atoms with Crippen molar-refractivity contribution in [3.8, 4) is 11.4 Å². The van der Waals surface area contributed by atoms with Crippen LogP contribution in [-0.2, 0) is 7.05 Å². The molecule has 2 aromatic heterocycles. The lowest BCUT2D eigenvalue weighted by Crippen LogP contribution is -1.95. The molecular formula is C14H10ClN5O2S. The minimum absolute atomic E-state index is 0.0465. The third kappa shape index (κ3) is 3.17. The Morgan fingerprint density at radius 2 is 1.96 bits per heavy atom. The molecule has 0 atom stereocenters. The van der Waals surface area contributed by atoms with E-state index in [1.807, 2.05) is 23.7 Å². The zero-order valence-electron chi connectivity index (χ0n) is 11.9. The molecule has 0 saturated carbocycles. The Balaban J connectivity index is 1.90. The number of benzene rings is 1. The fourth-order valence-corrected chi connectivity index (χ4v) is 3.03. The molecule has 0 aliphatic heterocycles. The van der Waals surface area contributed by atoms with Crippen molar-refractivity contribution in [2.24, 2.45) is 7.05 Å². The molecule has 116 valence electrons. The van der Waals surface area contributed by atoms with Crippen LogP contribution in [0.15, 0.2) is 52.8 Å². The highest BCUT2D eigenvalue weighted by molar-refractivity contribution is 7.99. The van der Waals surface area contributed by atoms with Crippen LogP contribution in [0.25, 0.3) is 11.4 Å². The molecule has 0 amide bonds. The summed E-state index contributed by atoms with van der Waals surface area (Å²) in [5.41, 5.74) is 0.853. The molecule has 1 aromatic carbocycles. The Bertz CT molecular complexity index is 869. The maximum atomic E-state index is 10.7. The van der Waals surface area contributed by atoms with Gasteiger partial charge in [0, 0.05) is 42.0 Å². The average Bonchev–Trinajstić information content (AvgIpc) is 2.91. The molecule has 0 spiro atoms. The highest BCUT2D eigenvalue weighted by Crippen LogP contribution is 2.35. The lowest BCUT2D eigenvalue weighted by molar-refractivity contribution is -0.384. The van der Waals surface area contributed by atoms with Crippen molar-refractivity contribution in [1.82, 2.24) is 19.7 Å². The van der Waals surface area contributed by atoms with E-state index in [2.05, 4.69) is 15.2 Å². The topological polar surface area (TPSA) is 86.7 Å². The maximum Gasteiger partial charge on any atom is 0.270 e. The predicted molar refractivity (Wildman–Crippen MR) is 86.5 cm³/mol. The van der Waals surface area contributed by atoms with Gasteiger partial charge >= 0.3 is 0 Å². The summed E-state index contributed by atoms with van der Waals surface area (Å²) in [4.78, 5) is 14.9. The van der Waals surface area contributed by atoms with Crippen molar-refractivity contribution in [3.63, 3.8) is 0 Å². The maximum absolute atomic E-state index is 10.7. The van der Waals surface area contributed by atoms with E-state index in [1.54, 1.807) is 18.5 Å². The molecule has 0 radical (unpaired) electrons. The number of non-ortho nitro benzene ring substituents is 1. The van der Waals surface area contributed by atoms with E-state index in [1.165, 1.54) is 23.9 Å². The normalized spacial score (nSPS) is 10.7. The van der Waals surface area contributed by atoms with Gasteiger partial charge in [0.2, 0.25) is 0 Å². The van der Waals surface area contributed by atoms with E-state index in [4.69, 9.17) is 11.6 Å². The van der Waals surface area contributed by atoms with Gasteiger partial charge in [-0.2, -0.15) is 0 Å². The van der Waals surface area contributed by atoms with Gasteiger partial charge in [-0.3, -0.25) is 15.1 Å². The first kappa shape index (κ1) is 15.4. The molecule has 0 saturated heterocycles. The molecule has 0 aliphatic carbocycles. The Hall–Kier alpha value is -2.45. The van der Waals surface area contributed by atoms with Crippen LogP contribution in [0, 0.1) is 10.1 Å². The van der Waals surface area contributed by atoms with E-state index in [0.29, 0.717) is 20.9 Å². The molecule has 7 nitrogen and oxygen atoms in total. The zero-order chi connectivity index (χ0) is 16.4. The first-order valence-corrected chi connectivity index (χ1v) is 7.67. The fraction of sp³-hybridized carbons (Fsp3) is 0.0714. The van der Waals surface area contributed by atoms with Gasteiger partial charge in [0.15, 0.2) is 11.0 Å². The third-order valence-corrected chi connectivity index (χ3v) is 4.64. The summed E-state index contributed by atoms with van der Waals surface area (Å²) < 4.78 is 1.83. The summed E-state index contributed by atoms with van der Waals surface area (Å²) in [5.74, 6) is 0.702. The first-order chi connectivity index (χ1) is 11.1. The lowest BCUT2D eigenvalue weighted by Gasteiger charge is -2.05. The fourth-order valence-electron chi connectivity index (χ4n) is 1.94. The lowest BCUT2D eigenvalue weighted by atomic mass is 10.2. The second-order valence-corrected chi connectivity index (χ2v) is 5.99. The van der Waals surface area contributed by atoms with E-state index < -0.39 is 4.92 Å². The van der Waals surface area contributed by atoms with Crippen LogP contribution in [0.3, 0.4) is 0 Å². The van der Waals surface area contributed by atoms with E-state index in [9.17, 15) is 10.1 Å². The van der Waals surface area contributed by atoms with Gasteiger partial charge in [0.1, 0.15) is 0 Å². The molecule has 23 heavy (non-hydrogen) atoms. The largest absolute Gasteiger partial charge is 0.305 e. The molecule has 9 heteroatoms. The molecule has 0 N–H and O–H groups in total. The van der Waals surface area contributed by atoms with Crippen LogP contribution in [0.5, 0.6) is 0 Å². The van der Waals surface area contributed by atoms with Gasteiger partial charge in [-0.05, 0) is 30.0 Å². The van der Waals surface area contributed by atoms with Crippen LogP contribution in [-0.4, -0.2) is 24.7 Å². The van der Waals surface area contributed by atoms with Crippen molar-refractivity contribution in [2.75, 3.05) is 0 Å². The average molecular weight is 348 g/mol. The van der Waals surface area contributed by atoms with E-state index in [-0.39, 0.29) is 5.69 Å². The van der Waals surface area contributed by atoms with Crippen molar-refractivity contribution >= 4 is 29.1 Å². The Morgan fingerprint density at radius 1 is 1.22 bits per heavy atom. The van der Waals surface area contributed by atoms with Gasteiger partial charge in [-0.1, -0.05) is 11.6 Å². The van der Waals surface area contributed by atoms with Crippen LogP contribution in [0.2, 0.25) is 5.02 Å². The van der Waals surface area contributed by atoms with Crippen LogP contribution >= 0.6 is 23.4 Å². The summed E-state index contributed by atoms with van der Waals surface area (Å²) in [6.07, 6.45) is 3.37. The number of rotatable bonds is 4. The number of nitrogens with zero attached hydrogens (tertiary/aromatic N) is 5. The molecule has 3 rings (SSSR count).